The first-order valence-corrected chi connectivity index (χ1v) is 15.5. The van der Waals surface area contributed by atoms with E-state index in [0.29, 0.717) is 65.5 Å². The van der Waals surface area contributed by atoms with Gasteiger partial charge < -0.3 is 13.9 Å². The average Bonchev–Trinajstić information content (AvgIpc) is 3.43. The number of para-hydroxylation sites is 1. The Labute approximate surface area is 279 Å². The molecule has 0 bridgehead atoms. The van der Waals surface area contributed by atoms with Crippen molar-refractivity contribution in [3.05, 3.63) is 119 Å². The first-order valence-electron chi connectivity index (χ1n) is 13.2. The highest BCUT2D eigenvalue weighted by Gasteiger charge is 2.20. The van der Waals surface area contributed by atoms with Gasteiger partial charge in [-0.15, -0.1) is 0 Å². The average molecular weight is 732 g/mol. The zero-order valence-corrected chi connectivity index (χ0v) is 27.4. The molecule has 4 aromatic carbocycles. The molecular formula is C32H20BrCl4N3O4. The van der Waals surface area contributed by atoms with Gasteiger partial charge in [-0.25, -0.2) is 4.98 Å². The lowest BCUT2D eigenvalue weighted by Crippen LogP contribution is -2.20. The number of nitrogens with zero attached hydrogens (tertiary/aromatic N) is 3. The van der Waals surface area contributed by atoms with Crippen LogP contribution in [0.5, 0.6) is 11.5 Å². The van der Waals surface area contributed by atoms with Crippen molar-refractivity contribution < 1.29 is 13.9 Å². The van der Waals surface area contributed by atoms with Crippen LogP contribution < -0.4 is 15.0 Å². The van der Waals surface area contributed by atoms with Gasteiger partial charge in [0.25, 0.3) is 5.56 Å². The van der Waals surface area contributed by atoms with E-state index < -0.39 is 0 Å². The number of benzene rings is 4. The molecule has 44 heavy (non-hydrogen) atoms. The lowest BCUT2D eigenvalue weighted by atomic mass is 10.2. The standard InChI is InChI=1S/C32H20BrCl4N3O4/c1-2-42-26-14-19(28(33)29(37)30(26)43-16-17-7-9-22(35)23(36)11-17)15-38-40-31(39-24-6-4-3-5-21(24)32(40)41)27-13-18-12-20(34)8-10-25(18)44-27/h3-15H,2,16H2,1H3. The van der Waals surface area contributed by atoms with Crippen LogP contribution in [0.25, 0.3) is 33.5 Å². The van der Waals surface area contributed by atoms with E-state index in [0.717, 1.165) is 10.9 Å². The van der Waals surface area contributed by atoms with Crippen molar-refractivity contribution in [2.45, 2.75) is 13.5 Å². The molecule has 0 saturated heterocycles. The third kappa shape index (κ3) is 6.05. The number of rotatable bonds is 8. The zero-order valence-electron chi connectivity index (χ0n) is 22.8. The molecule has 2 heterocycles. The third-order valence-electron chi connectivity index (χ3n) is 6.59. The largest absolute Gasteiger partial charge is 0.490 e. The molecule has 0 amide bonds. The summed E-state index contributed by atoms with van der Waals surface area (Å²) in [6.07, 6.45) is 1.49. The Morgan fingerprint density at radius 3 is 2.59 bits per heavy atom. The smallest absolute Gasteiger partial charge is 0.282 e. The van der Waals surface area contributed by atoms with Gasteiger partial charge in [-0.2, -0.15) is 9.78 Å². The molecular weight excluding hydrogens is 712 g/mol. The van der Waals surface area contributed by atoms with Gasteiger partial charge in [-0.3, -0.25) is 4.79 Å². The molecule has 222 valence electrons. The van der Waals surface area contributed by atoms with Crippen LogP contribution in [0.2, 0.25) is 20.1 Å². The fourth-order valence-electron chi connectivity index (χ4n) is 4.52. The SMILES string of the molecule is CCOc1cc(C=Nn2c(-c3cc4cc(Cl)ccc4o3)nc3ccccc3c2=O)c(Br)c(Cl)c1OCc1ccc(Cl)c(Cl)c1. The van der Waals surface area contributed by atoms with E-state index in [1.165, 1.54) is 10.9 Å². The summed E-state index contributed by atoms with van der Waals surface area (Å²) in [7, 11) is 0. The number of halogens is 5. The van der Waals surface area contributed by atoms with E-state index in [9.17, 15) is 4.79 Å². The van der Waals surface area contributed by atoms with Gasteiger partial charge in [0.2, 0.25) is 5.82 Å². The number of fused-ring (bicyclic) bond motifs is 2. The lowest BCUT2D eigenvalue weighted by Gasteiger charge is -2.16. The van der Waals surface area contributed by atoms with Crippen molar-refractivity contribution >= 4 is 90.4 Å². The van der Waals surface area contributed by atoms with Gasteiger partial charge in [-0.1, -0.05) is 64.6 Å². The van der Waals surface area contributed by atoms with Crippen LogP contribution in [0.4, 0.5) is 0 Å². The molecule has 0 N–H and O–H groups in total. The van der Waals surface area contributed by atoms with Crippen molar-refractivity contribution in [3.63, 3.8) is 0 Å². The Hall–Kier alpha value is -3.53. The summed E-state index contributed by atoms with van der Waals surface area (Å²) in [5.41, 5.74) is 2.04. The summed E-state index contributed by atoms with van der Waals surface area (Å²) >= 11 is 28.7. The number of hydrogen-bond acceptors (Lipinski definition) is 6. The molecule has 0 aliphatic rings. The van der Waals surface area contributed by atoms with Gasteiger partial charge in [0, 0.05) is 20.4 Å². The number of ether oxygens (including phenoxy) is 2. The highest BCUT2D eigenvalue weighted by molar-refractivity contribution is 9.10. The maximum atomic E-state index is 13.7. The Morgan fingerprint density at radius 2 is 1.80 bits per heavy atom. The van der Waals surface area contributed by atoms with E-state index in [1.54, 1.807) is 60.7 Å². The second kappa shape index (κ2) is 12.8. The predicted octanol–water partition coefficient (Wildman–Crippen LogP) is 10.0. The van der Waals surface area contributed by atoms with Crippen molar-refractivity contribution in [2.24, 2.45) is 5.10 Å². The van der Waals surface area contributed by atoms with Gasteiger partial charge in [-0.05, 0) is 83.0 Å². The Kier molecular flexibility index (Phi) is 8.89. The van der Waals surface area contributed by atoms with E-state index in [2.05, 4.69) is 21.0 Å². The number of hydrogen-bond donors (Lipinski definition) is 0. The van der Waals surface area contributed by atoms with Crippen LogP contribution >= 0.6 is 62.3 Å². The molecule has 12 heteroatoms. The molecule has 0 saturated carbocycles. The van der Waals surface area contributed by atoms with Crippen LogP contribution in [-0.4, -0.2) is 22.5 Å². The Balaban J connectivity index is 1.42. The number of aromatic nitrogens is 2. The second-order valence-corrected chi connectivity index (χ2v) is 11.9. The fraction of sp³-hybridized carbons (Fsp3) is 0.0938. The molecule has 6 rings (SSSR count). The van der Waals surface area contributed by atoms with Crippen molar-refractivity contribution in [1.82, 2.24) is 9.66 Å². The quantitative estimate of drug-likeness (QED) is 0.146. The van der Waals surface area contributed by atoms with E-state index in [4.69, 9.17) is 65.3 Å². The second-order valence-electron chi connectivity index (χ2n) is 9.50. The summed E-state index contributed by atoms with van der Waals surface area (Å²) in [6.45, 7) is 2.37. The molecule has 6 aromatic rings. The molecule has 0 unspecified atom stereocenters. The summed E-state index contributed by atoms with van der Waals surface area (Å²) in [6, 6.07) is 21.0. The number of furan rings is 1. The van der Waals surface area contributed by atoms with Gasteiger partial charge in [0.05, 0.1) is 33.8 Å². The van der Waals surface area contributed by atoms with Gasteiger partial charge in [0.1, 0.15) is 17.2 Å². The summed E-state index contributed by atoms with van der Waals surface area (Å²) < 4.78 is 19.7. The Morgan fingerprint density at radius 1 is 0.977 bits per heavy atom. The van der Waals surface area contributed by atoms with Crippen molar-refractivity contribution in [1.29, 1.82) is 0 Å². The maximum Gasteiger partial charge on any atom is 0.282 e. The Bertz CT molecular complexity index is 2150. The lowest BCUT2D eigenvalue weighted by molar-refractivity contribution is 0.269. The monoisotopic (exact) mass is 729 g/mol. The topological polar surface area (TPSA) is 78.9 Å². The molecule has 0 aliphatic heterocycles. The normalized spacial score (nSPS) is 11.6. The molecule has 0 atom stereocenters. The summed E-state index contributed by atoms with van der Waals surface area (Å²) in [5, 5.41) is 7.39. The first kappa shape index (κ1) is 30.5. The molecule has 0 radical (unpaired) electrons. The van der Waals surface area contributed by atoms with Crippen LogP contribution in [-0.2, 0) is 6.61 Å². The van der Waals surface area contributed by atoms with E-state index in [-0.39, 0.29) is 23.0 Å². The van der Waals surface area contributed by atoms with Crippen molar-refractivity contribution in [2.75, 3.05) is 6.61 Å². The highest BCUT2D eigenvalue weighted by Crippen LogP contribution is 2.43. The van der Waals surface area contributed by atoms with Crippen LogP contribution in [0.15, 0.2) is 91.6 Å². The van der Waals surface area contributed by atoms with E-state index in [1.807, 2.05) is 19.1 Å². The third-order valence-corrected chi connectivity index (χ3v) is 9.01. The summed E-state index contributed by atoms with van der Waals surface area (Å²) in [4.78, 5) is 18.4. The van der Waals surface area contributed by atoms with Crippen LogP contribution in [0.1, 0.15) is 18.1 Å². The maximum absolute atomic E-state index is 13.7. The highest BCUT2D eigenvalue weighted by atomic mass is 79.9. The van der Waals surface area contributed by atoms with E-state index >= 15 is 0 Å². The molecule has 0 spiro atoms. The zero-order chi connectivity index (χ0) is 31.0. The molecule has 0 fully saturated rings. The van der Waals surface area contributed by atoms with Gasteiger partial charge >= 0.3 is 0 Å². The first-order chi connectivity index (χ1) is 21.2. The minimum absolute atomic E-state index is 0.167. The molecule has 0 aliphatic carbocycles. The van der Waals surface area contributed by atoms with Gasteiger partial charge in [0.15, 0.2) is 17.3 Å². The fourth-order valence-corrected chi connectivity index (χ4v) is 5.67. The molecule has 7 nitrogen and oxygen atoms in total. The predicted molar refractivity (Wildman–Crippen MR) is 180 cm³/mol. The summed E-state index contributed by atoms with van der Waals surface area (Å²) in [5.74, 6) is 1.28. The molecule has 2 aromatic heterocycles. The minimum Gasteiger partial charge on any atom is -0.490 e. The van der Waals surface area contributed by atoms with Crippen LogP contribution in [0.3, 0.4) is 0 Å². The van der Waals surface area contributed by atoms with Crippen LogP contribution in [0, 0.1) is 0 Å². The van der Waals surface area contributed by atoms with Crippen molar-refractivity contribution in [3.8, 4) is 23.1 Å². The minimum atomic E-state index is -0.380.